The minimum absolute atomic E-state index is 0.0519. The van der Waals surface area contributed by atoms with E-state index in [-0.39, 0.29) is 25.3 Å². The Morgan fingerprint density at radius 3 is 2.57 bits per heavy atom. The number of nitrogen functional groups attached to an aromatic ring is 1. The molecule has 4 rings (SSSR count). The topological polar surface area (TPSA) is 62.5 Å². The largest absolute Gasteiger partial charge is 0.471 e. The Hall–Kier alpha value is -3.62. The lowest BCUT2D eigenvalue weighted by molar-refractivity contribution is -0.186. The molecule has 0 unspecified atom stereocenters. The second-order valence-corrected chi connectivity index (χ2v) is 8.76. The second-order valence-electron chi connectivity index (χ2n) is 8.76. The Kier molecular flexibility index (Phi) is 6.95. The molecule has 1 aliphatic heterocycles. The van der Waals surface area contributed by atoms with Crippen LogP contribution in [0.15, 0.2) is 60.8 Å². The number of anilines is 2. The highest BCUT2D eigenvalue weighted by Crippen LogP contribution is 2.34. The van der Waals surface area contributed by atoms with Gasteiger partial charge in [-0.2, -0.15) is 13.2 Å². The normalized spacial score (nSPS) is 16.1. The van der Waals surface area contributed by atoms with E-state index in [1.54, 1.807) is 0 Å². The lowest BCUT2D eigenvalue weighted by Crippen LogP contribution is -2.47. The maximum atomic E-state index is 13.7. The van der Waals surface area contributed by atoms with Gasteiger partial charge in [-0.05, 0) is 48.6 Å². The van der Waals surface area contributed by atoms with Crippen LogP contribution < -0.4 is 10.6 Å². The van der Waals surface area contributed by atoms with Crippen molar-refractivity contribution >= 4 is 17.3 Å². The number of pyridine rings is 1. The average molecular weight is 487 g/mol. The van der Waals surface area contributed by atoms with Gasteiger partial charge in [0.25, 0.3) is 0 Å². The smallest absolute Gasteiger partial charge is 0.396 e. The number of fused-ring (bicyclic) bond motifs is 1. The predicted octanol–water partition coefficient (Wildman–Crippen LogP) is 5.02. The Balaban J connectivity index is 1.76. The molecule has 184 valence electrons. The molecular formula is C26H26F4N4O. The number of aromatic nitrogens is 1. The minimum atomic E-state index is -4.98. The van der Waals surface area contributed by atoms with E-state index in [0.717, 1.165) is 27.9 Å². The molecule has 1 amide bonds. The van der Waals surface area contributed by atoms with E-state index in [0.29, 0.717) is 24.1 Å². The molecule has 1 aliphatic rings. The van der Waals surface area contributed by atoms with Crippen molar-refractivity contribution in [1.82, 2.24) is 9.88 Å². The molecule has 1 aromatic heterocycles. The van der Waals surface area contributed by atoms with Gasteiger partial charge in [-0.1, -0.05) is 42.5 Å². The summed E-state index contributed by atoms with van der Waals surface area (Å²) in [5, 5.41) is 0. The standard InChI is InChI=1S/C26H26F4N4O/c1-17-6-5-9-24-21(17)16-33(25(35)26(28,29)30)15-20(11-10-18-7-3-2-4-8-18)34(24)14-19-12-23(31)22(27)13-32-19/h2-9,12-13,20H,10-11,14-16H2,1H3,(H2,31,32)/t20-/m0/s1. The van der Waals surface area contributed by atoms with E-state index in [4.69, 9.17) is 5.73 Å². The van der Waals surface area contributed by atoms with Crippen molar-refractivity contribution in [2.45, 2.75) is 45.1 Å². The molecule has 0 aliphatic carbocycles. The predicted molar refractivity (Wildman–Crippen MR) is 126 cm³/mol. The van der Waals surface area contributed by atoms with Crippen LogP contribution in [0.3, 0.4) is 0 Å². The zero-order chi connectivity index (χ0) is 25.2. The van der Waals surface area contributed by atoms with Crippen molar-refractivity contribution in [2.75, 3.05) is 17.2 Å². The summed E-state index contributed by atoms with van der Waals surface area (Å²) in [6.45, 7) is 1.74. The van der Waals surface area contributed by atoms with Crippen molar-refractivity contribution in [3.8, 4) is 0 Å². The van der Waals surface area contributed by atoms with Crippen molar-refractivity contribution < 1.29 is 22.4 Å². The fraction of sp³-hybridized carbons (Fsp3) is 0.308. The number of carbonyl (C=O) groups is 1. The fourth-order valence-electron chi connectivity index (χ4n) is 4.50. The molecule has 3 aromatic rings. The first-order valence-electron chi connectivity index (χ1n) is 11.3. The van der Waals surface area contributed by atoms with Crippen LogP contribution in [-0.4, -0.2) is 34.6 Å². The van der Waals surface area contributed by atoms with E-state index in [9.17, 15) is 22.4 Å². The summed E-state index contributed by atoms with van der Waals surface area (Å²) in [6, 6.07) is 16.1. The summed E-state index contributed by atoms with van der Waals surface area (Å²) < 4.78 is 54.2. The van der Waals surface area contributed by atoms with E-state index in [1.165, 1.54) is 6.07 Å². The van der Waals surface area contributed by atoms with Gasteiger partial charge in [-0.25, -0.2) is 4.39 Å². The van der Waals surface area contributed by atoms with Crippen LogP contribution >= 0.6 is 0 Å². The lowest BCUT2D eigenvalue weighted by Gasteiger charge is -2.34. The van der Waals surface area contributed by atoms with Gasteiger partial charge < -0.3 is 15.5 Å². The maximum Gasteiger partial charge on any atom is 0.471 e. The molecule has 0 spiro atoms. The molecule has 1 atom stereocenters. The summed E-state index contributed by atoms with van der Waals surface area (Å²) in [5.74, 6) is -2.49. The molecule has 5 nitrogen and oxygen atoms in total. The third-order valence-corrected chi connectivity index (χ3v) is 6.33. The van der Waals surface area contributed by atoms with Crippen LogP contribution in [-0.2, 0) is 24.3 Å². The number of rotatable bonds is 5. The van der Waals surface area contributed by atoms with Crippen LogP contribution in [0.4, 0.5) is 28.9 Å². The van der Waals surface area contributed by atoms with Crippen LogP contribution in [0.25, 0.3) is 0 Å². The summed E-state index contributed by atoms with van der Waals surface area (Å²) in [7, 11) is 0. The number of halogens is 4. The van der Waals surface area contributed by atoms with Crippen LogP contribution in [0.1, 0.15) is 28.8 Å². The summed E-state index contributed by atoms with van der Waals surface area (Å²) in [6.07, 6.45) is -2.83. The summed E-state index contributed by atoms with van der Waals surface area (Å²) >= 11 is 0. The zero-order valence-corrected chi connectivity index (χ0v) is 19.2. The summed E-state index contributed by atoms with van der Waals surface area (Å²) in [5.41, 5.74) is 9.36. The number of carbonyl (C=O) groups excluding carboxylic acids is 1. The second kappa shape index (κ2) is 9.93. The lowest BCUT2D eigenvalue weighted by atomic mass is 10.0. The molecular weight excluding hydrogens is 460 g/mol. The van der Waals surface area contributed by atoms with Gasteiger partial charge in [0.15, 0.2) is 5.82 Å². The first-order valence-corrected chi connectivity index (χ1v) is 11.3. The number of nitrogens with two attached hydrogens (primary N) is 1. The number of aryl methyl sites for hydroxylation is 2. The monoisotopic (exact) mass is 486 g/mol. The highest BCUT2D eigenvalue weighted by atomic mass is 19.4. The molecule has 0 fully saturated rings. The maximum absolute atomic E-state index is 13.7. The number of alkyl halides is 3. The Bertz CT molecular complexity index is 1200. The SMILES string of the molecule is Cc1cccc2c1CN(C(=O)C(F)(F)F)C[C@H](CCc1ccccc1)N2Cc1cc(N)c(F)cn1. The highest BCUT2D eigenvalue weighted by molar-refractivity contribution is 5.82. The molecule has 2 heterocycles. The van der Waals surface area contributed by atoms with E-state index >= 15 is 0 Å². The third-order valence-electron chi connectivity index (χ3n) is 6.33. The van der Waals surface area contributed by atoms with Gasteiger partial charge in [0.05, 0.1) is 24.1 Å². The van der Waals surface area contributed by atoms with Crippen LogP contribution in [0.2, 0.25) is 0 Å². The quantitative estimate of drug-likeness (QED) is 0.515. The molecule has 0 radical (unpaired) electrons. The summed E-state index contributed by atoms with van der Waals surface area (Å²) in [4.78, 5) is 19.4. The van der Waals surface area contributed by atoms with E-state index < -0.39 is 23.9 Å². The number of amides is 1. The van der Waals surface area contributed by atoms with Crippen LogP contribution in [0.5, 0.6) is 0 Å². The number of nitrogens with zero attached hydrogens (tertiary/aromatic N) is 3. The number of benzene rings is 2. The van der Waals surface area contributed by atoms with Crippen molar-refractivity contribution in [3.63, 3.8) is 0 Å². The highest BCUT2D eigenvalue weighted by Gasteiger charge is 2.44. The molecule has 9 heteroatoms. The van der Waals surface area contributed by atoms with Gasteiger partial charge in [-0.15, -0.1) is 0 Å². The van der Waals surface area contributed by atoms with Crippen molar-refractivity contribution in [2.24, 2.45) is 0 Å². The minimum Gasteiger partial charge on any atom is -0.396 e. The Morgan fingerprint density at radius 1 is 1.14 bits per heavy atom. The van der Waals surface area contributed by atoms with Crippen molar-refractivity contribution in [1.29, 1.82) is 0 Å². The molecule has 0 saturated heterocycles. The van der Waals surface area contributed by atoms with Crippen LogP contribution in [0, 0.1) is 12.7 Å². The number of hydrogen-bond acceptors (Lipinski definition) is 4. The number of hydrogen-bond donors (Lipinski definition) is 1. The molecule has 0 saturated carbocycles. The van der Waals surface area contributed by atoms with Gasteiger partial charge in [0.1, 0.15) is 0 Å². The van der Waals surface area contributed by atoms with E-state index in [1.807, 2.05) is 60.4 Å². The molecule has 0 bridgehead atoms. The zero-order valence-electron chi connectivity index (χ0n) is 19.2. The first-order chi connectivity index (χ1) is 16.6. The third kappa shape index (κ3) is 5.55. The van der Waals surface area contributed by atoms with Gasteiger partial charge in [0.2, 0.25) is 0 Å². The molecule has 35 heavy (non-hydrogen) atoms. The average Bonchev–Trinajstić information content (AvgIpc) is 2.97. The fourth-order valence-corrected chi connectivity index (χ4v) is 4.50. The Labute approximate surface area is 201 Å². The van der Waals surface area contributed by atoms with Gasteiger partial charge in [0, 0.05) is 24.8 Å². The first kappa shape index (κ1) is 24.5. The molecule has 2 aromatic carbocycles. The molecule has 2 N–H and O–H groups in total. The Morgan fingerprint density at radius 2 is 1.89 bits per heavy atom. The van der Waals surface area contributed by atoms with E-state index in [2.05, 4.69) is 4.98 Å². The van der Waals surface area contributed by atoms with Gasteiger partial charge >= 0.3 is 12.1 Å². The van der Waals surface area contributed by atoms with Gasteiger partial charge in [-0.3, -0.25) is 9.78 Å². The van der Waals surface area contributed by atoms with Crippen molar-refractivity contribution in [3.05, 3.63) is 89.0 Å².